The smallest absolute Gasteiger partial charge is 0.219 e. The van der Waals surface area contributed by atoms with E-state index in [1.165, 1.54) is 5.56 Å². The van der Waals surface area contributed by atoms with Crippen LogP contribution in [0.25, 0.3) is 0 Å². The Hall–Kier alpha value is -2.41. The van der Waals surface area contributed by atoms with Gasteiger partial charge in [-0.25, -0.2) is 0 Å². The standard InChI is InChI=1S/C21H29N5O2/c1-16(27)25-11-8-20-22-23-21(26(20)13-12-25)18-6-9-24(10-7-18)15-17-4-3-5-19(14-17)28-2/h3-5,14,18H,6-13,15H2,1-2H3. The molecule has 0 radical (unpaired) electrons. The largest absolute Gasteiger partial charge is 0.497 e. The maximum atomic E-state index is 11.7. The maximum Gasteiger partial charge on any atom is 0.219 e. The van der Waals surface area contributed by atoms with Crippen LogP contribution >= 0.6 is 0 Å². The number of carbonyl (C=O) groups is 1. The molecule has 1 fully saturated rings. The first kappa shape index (κ1) is 18.9. The lowest BCUT2D eigenvalue weighted by Crippen LogP contribution is -2.34. The predicted molar refractivity (Wildman–Crippen MR) is 106 cm³/mol. The zero-order valence-corrected chi connectivity index (χ0v) is 16.8. The molecule has 1 amide bonds. The summed E-state index contributed by atoms with van der Waals surface area (Å²) < 4.78 is 7.60. The van der Waals surface area contributed by atoms with Gasteiger partial charge in [-0.05, 0) is 43.6 Å². The van der Waals surface area contributed by atoms with Gasteiger partial charge in [-0.1, -0.05) is 12.1 Å². The molecule has 0 saturated carbocycles. The quantitative estimate of drug-likeness (QED) is 0.809. The second-order valence-electron chi connectivity index (χ2n) is 7.78. The van der Waals surface area contributed by atoms with Crippen LogP contribution in [0.3, 0.4) is 0 Å². The molecule has 2 aromatic rings. The molecular formula is C21H29N5O2. The lowest BCUT2D eigenvalue weighted by molar-refractivity contribution is -0.128. The number of nitrogens with zero attached hydrogens (tertiary/aromatic N) is 5. The number of amides is 1. The zero-order valence-electron chi connectivity index (χ0n) is 16.8. The van der Waals surface area contributed by atoms with Crippen molar-refractivity contribution in [2.24, 2.45) is 0 Å². The van der Waals surface area contributed by atoms with E-state index in [4.69, 9.17) is 4.74 Å². The summed E-state index contributed by atoms with van der Waals surface area (Å²) in [7, 11) is 1.71. The van der Waals surface area contributed by atoms with Crippen molar-refractivity contribution in [3.8, 4) is 5.75 Å². The second kappa shape index (κ2) is 8.31. The van der Waals surface area contributed by atoms with E-state index < -0.39 is 0 Å². The van der Waals surface area contributed by atoms with E-state index in [-0.39, 0.29) is 5.91 Å². The van der Waals surface area contributed by atoms with Crippen molar-refractivity contribution >= 4 is 5.91 Å². The van der Waals surface area contributed by atoms with Gasteiger partial charge in [0.05, 0.1) is 7.11 Å². The fourth-order valence-electron chi connectivity index (χ4n) is 4.34. The average Bonchev–Trinajstić information content (AvgIpc) is 2.99. The van der Waals surface area contributed by atoms with Crippen LogP contribution in [0, 0.1) is 0 Å². The van der Waals surface area contributed by atoms with Crippen molar-refractivity contribution in [2.75, 3.05) is 33.3 Å². The molecule has 150 valence electrons. The van der Waals surface area contributed by atoms with Crippen LogP contribution in [0.1, 0.15) is 42.9 Å². The molecule has 3 heterocycles. The highest BCUT2D eigenvalue weighted by molar-refractivity contribution is 5.73. The van der Waals surface area contributed by atoms with Crippen LogP contribution in [0.4, 0.5) is 0 Å². The van der Waals surface area contributed by atoms with Gasteiger partial charge in [0.2, 0.25) is 5.91 Å². The Morgan fingerprint density at radius 3 is 2.71 bits per heavy atom. The van der Waals surface area contributed by atoms with Gasteiger partial charge in [0, 0.05) is 45.4 Å². The van der Waals surface area contributed by atoms with E-state index in [1.54, 1.807) is 14.0 Å². The summed E-state index contributed by atoms with van der Waals surface area (Å²) in [5, 5.41) is 8.98. The molecule has 1 saturated heterocycles. The van der Waals surface area contributed by atoms with Crippen molar-refractivity contribution in [1.29, 1.82) is 0 Å². The molecule has 0 N–H and O–H groups in total. The van der Waals surface area contributed by atoms with Gasteiger partial charge < -0.3 is 14.2 Å². The number of piperidine rings is 1. The van der Waals surface area contributed by atoms with Crippen molar-refractivity contribution in [2.45, 2.75) is 45.2 Å². The summed E-state index contributed by atoms with van der Waals surface area (Å²) >= 11 is 0. The molecule has 0 unspecified atom stereocenters. The Labute approximate surface area is 166 Å². The lowest BCUT2D eigenvalue weighted by Gasteiger charge is -2.31. The van der Waals surface area contributed by atoms with Gasteiger partial charge in [-0.2, -0.15) is 0 Å². The van der Waals surface area contributed by atoms with Crippen molar-refractivity contribution in [3.05, 3.63) is 41.5 Å². The number of likely N-dealkylation sites (tertiary alicyclic amines) is 1. The maximum absolute atomic E-state index is 11.7. The normalized spacial score (nSPS) is 18.6. The highest BCUT2D eigenvalue weighted by Gasteiger charge is 2.27. The minimum atomic E-state index is 0.145. The number of hydrogen-bond donors (Lipinski definition) is 0. The van der Waals surface area contributed by atoms with Crippen LogP contribution in [0.5, 0.6) is 5.75 Å². The third-order valence-electron chi connectivity index (χ3n) is 5.99. The van der Waals surface area contributed by atoms with E-state index in [0.717, 1.165) is 75.9 Å². The number of hydrogen-bond acceptors (Lipinski definition) is 5. The molecule has 2 aliphatic rings. The molecule has 28 heavy (non-hydrogen) atoms. The Morgan fingerprint density at radius 1 is 1.14 bits per heavy atom. The predicted octanol–water partition coefficient (Wildman–Crippen LogP) is 2.07. The Morgan fingerprint density at radius 2 is 1.96 bits per heavy atom. The molecule has 7 nitrogen and oxygen atoms in total. The molecule has 7 heteroatoms. The summed E-state index contributed by atoms with van der Waals surface area (Å²) in [4.78, 5) is 16.1. The Balaban J connectivity index is 1.37. The highest BCUT2D eigenvalue weighted by Crippen LogP contribution is 2.29. The number of aromatic nitrogens is 3. The van der Waals surface area contributed by atoms with E-state index >= 15 is 0 Å². The third kappa shape index (κ3) is 4.04. The molecule has 0 atom stereocenters. The fraction of sp³-hybridized carbons (Fsp3) is 0.571. The number of methoxy groups -OCH3 is 1. The van der Waals surface area contributed by atoms with Crippen molar-refractivity contribution in [3.63, 3.8) is 0 Å². The minimum Gasteiger partial charge on any atom is -0.497 e. The Bertz CT molecular complexity index is 826. The van der Waals surface area contributed by atoms with Gasteiger partial charge in [-0.3, -0.25) is 9.69 Å². The van der Waals surface area contributed by atoms with Gasteiger partial charge in [-0.15, -0.1) is 10.2 Å². The van der Waals surface area contributed by atoms with Gasteiger partial charge in [0.25, 0.3) is 0 Å². The fourth-order valence-corrected chi connectivity index (χ4v) is 4.34. The van der Waals surface area contributed by atoms with Crippen molar-refractivity contribution in [1.82, 2.24) is 24.6 Å². The van der Waals surface area contributed by atoms with Crippen LogP contribution in [0.15, 0.2) is 24.3 Å². The molecule has 1 aromatic heterocycles. The molecule has 0 bridgehead atoms. The third-order valence-corrected chi connectivity index (χ3v) is 5.99. The minimum absolute atomic E-state index is 0.145. The number of ether oxygens (including phenoxy) is 1. The summed E-state index contributed by atoms with van der Waals surface area (Å²) in [6.07, 6.45) is 2.98. The SMILES string of the molecule is COc1cccc(CN2CCC(c3nnc4n3CCN(C(C)=O)CC4)CC2)c1. The Kier molecular flexibility index (Phi) is 5.62. The molecular weight excluding hydrogens is 354 g/mol. The summed E-state index contributed by atoms with van der Waals surface area (Å²) in [6.45, 7) is 7.02. The van der Waals surface area contributed by atoms with Crippen LogP contribution < -0.4 is 4.74 Å². The number of carbonyl (C=O) groups excluding carboxylic acids is 1. The number of benzene rings is 1. The van der Waals surface area contributed by atoms with Crippen LogP contribution in [0.2, 0.25) is 0 Å². The summed E-state index contributed by atoms with van der Waals surface area (Å²) in [6, 6.07) is 8.32. The second-order valence-corrected chi connectivity index (χ2v) is 7.78. The van der Waals surface area contributed by atoms with E-state index in [0.29, 0.717) is 5.92 Å². The van der Waals surface area contributed by atoms with Crippen molar-refractivity contribution < 1.29 is 9.53 Å². The molecule has 0 spiro atoms. The first-order chi connectivity index (χ1) is 13.6. The lowest BCUT2D eigenvalue weighted by atomic mass is 9.95. The molecule has 2 aliphatic heterocycles. The first-order valence-electron chi connectivity index (χ1n) is 10.2. The first-order valence-corrected chi connectivity index (χ1v) is 10.2. The molecule has 1 aromatic carbocycles. The van der Waals surface area contributed by atoms with Gasteiger partial charge >= 0.3 is 0 Å². The highest BCUT2D eigenvalue weighted by atomic mass is 16.5. The summed E-state index contributed by atoms with van der Waals surface area (Å²) in [5.74, 6) is 3.65. The van der Waals surface area contributed by atoms with E-state index in [9.17, 15) is 4.79 Å². The average molecular weight is 383 g/mol. The van der Waals surface area contributed by atoms with Crippen LogP contribution in [-0.4, -0.2) is 63.8 Å². The molecule has 0 aliphatic carbocycles. The van der Waals surface area contributed by atoms with Crippen LogP contribution in [-0.2, 0) is 24.3 Å². The molecule has 4 rings (SSSR count). The van der Waals surface area contributed by atoms with E-state index in [2.05, 4.69) is 37.9 Å². The topological polar surface area (TPSA) is 63.5 Å². The van der Waals surface area contributed by atoms with Gasteiger partial charge in [0.1, 0.15) is 17.4 Å². The monoisotopic (exact) mass is 383 g/mol. The summed E-state index contributed by atoms with van der Waals surface area (Å²) in [5.41, 5.74) is 1.29. The number of rotatable bonds is 4. The number of fused-ring (bicyclic) bond motifs is 1. The van der Waals surface area contributed by atoms with E-state index in [1.807, 2.05) is 11.0 Å². The zero-order chi connectivity index (χ0) is 19.5. The van der Waals surface area contributed by atoms with Gasteiger partial charge in [0.15, 0.2) is 0 Å².